The van der Waals surface area contributed by atoms with Crippen LogP contribution in [0.15, 0.2) is 52.4 Å². The van der Waals surface area contributed by atoms with Gasteiger partial charge in [-0.05, 0) is 18.4 Å². The molecule has 3 nitrogen and oxygen atoms in total. The molecule has 4 rings (SSSR count). The monoisotopic (exact) mass is 355 g/mol. The number of fused-ring (bicyclic) bond motifs is 1. The van der Waals surface area contributed by atoms with Crippen LogP contribution in [0.4, 0.5) is 0 Å². The Bertz CT molecular complexity index is 941. The molecule has 3 aromatic heterocycles. The molecule has 0 aliphatic carbocycles. The molecule has 0 spiro atoms. The van der Waals surface area contributed by atoms with Crippen molar-refractivity contribution in [3.8, 4) is 10.6 Å². The van der Waals surface area contributed by atoms with Gasteiger partial charge in [0, 0.05) is 22.1 Å². The molecule has 0 saturated heterocycles. The molecular formula is C17H13N3S3. The Labute approximate surface area is 146 Å². The van der Waals surface area contributed by atoms with E-state index >= 15 is 0 Å². The van der Waals surface area contributed by atoms with Crippen LogP contribution in [0, 0.1) is 6.92 Å². The molecular weight excluding hydrogens is 342 g/mol. The van der Waals surface area contributed by atoms with Gasteiger partial charge in [0.1, 0.15) is 21.2 Å². The highest BCUT2D eigenvalue weighted by Gasteiger charge is 2.08. The molecule has 0 aliphatic heterocycles. The van der Waals surface area contributed by atoms with E-state index in [4.69, 9.17) is 4.98 Å². The van der Waals surface area contributed by atoms with Crippen LogP contribution in [0.25, 0.3) is 20.8 Å². The lowest BCUT2D eigenvalue weighted by molar-refractivity contribution is 1.10. The first-order chi connectivity index (χ1) is 11.3. The highest BCUT2D eigenvalue weighted by molar-refractivity contribution is 7.98. The minimum absolute atomic E-state index is 0.824. The second-order valence-electron chi connectivity index (χ2n) is 5.12. The Morgan fingerprint density at radius 2 is 1.91 bits per heavy atom. The summed E-state index contributed by atoms with van der Waals surface area (Å²) >= 11 is 5.06. The van der Waals surface area contributed by atoms with E-state index in [1.807, 2.05) is 0 Å². The van der Waals surface area contributed by atoms with Crippen molar-refractivity contribution in [3.05, 3.63) is 58.7 Å². The second-order valence-corrected chi connectivity index (χ2v) is 7.83. The summed E-state index contributed by atoms with van der Waals surface area (Å²) in [6.07, 6.45) is 1.64. The van der Waals surface area contributed by atoms with Crippen molar-refractivity contribution in [2.75, 3.05) is 0 Å². The topological polar surface area (TPSA) is 38.7 Å². The molecule has 0 radical (unpaired) electrons. The maximum atomic E-state index is 4.75. The van der Waals surface area contributed by atoms with Crippen molar-refractivity contribution in [2.45, 2.75) is 17.7 Å². The second kappa shape index (κ2) is 6.39. The van der Waals surface area contributed by atoms with E-state index in [9.17, 15) is 0 Å². The number of rotatable bonds is 4. The van der Waals surface area contributed by atoms with Crippen LogP contribution in [-0.2, 0) is 5.75 Å². The average molecular weight is 356 g/mol. The summed E-state index contributed by atoms with van der Waals surface area (Å²) in [4.78, 5) is 14.5. The van der Waals surface area contributed by atoms with Crippen LogP contribution in [0.2, 0.25) is 0 Å². The first-order valence-electron chi connectivity index (χ1n) is 7.12. The molecule has 0 bridgehead atoms. The van der Waals surface area contributed by atoms with E-state index in [-0.39, 0.29) is 0 Å². The van der Waals surface area contributed by atoms with Gasteiger partial charge in [-0.3, -0.25) is 0 Å². The predicted molar refractivity (Wildman–Crippen MR) is 99.3 cm³/mol. The van der Waals surface area contributed by atoms with Gasteiger partial charge in [-0.1, -0.05) is 41.6 Å². The van der Waals surface area contributed by atoms with Gasteiger partial charge in [-0.15, -0.1) is 22.7 Å². The first kappa shape index (κ1) is 14.8. The van der Waals surface area contributed by atoms with Crippen LogP contribution in [0.3, 0.4) is 0 Å². The maximum absolute atomic E-state index is 4.75. The van der Waals surface area contributed by atoms with Crippen LogP contribution in [-0.4, -0.2) is 15.0 Å². The van der Waals surface area contributed by atoms with Crippen molar-refractivity contribution in [2.24, 2.45) is 0 Å². The fourth-order valence-corrected chi connectivity index (χ4v) is 4.83. The Kier molecular flexibility index (Phi) is 4.11. The number of thioether (sulfide) groups is 1. The third-order valence-corrected chi connectivity index (χ3v) is 6.23. The molecule has 114 valence electrons. The predicted octanol–water partition coefficient (Wildman–Crippen LogP) is 5.42. The number of nitrogens with zero attached hydrogens (tertiary/aromatic N) is 3. The fourth-order valence-electron chi connectivity index (χ4n) is 2.23. The Morgan fingerprint density at radius 1 is 1.04 bits per heavy atom. The summed E-state index contributed by atoms with van der Waals surface area (Å²) in [6.45, 7) is 2.10. The van der Waals surface area contributed by atoms with Gasteiger partial charge in [0.25, 0.3) is 0 Å². The first-order valence-corrected chi connectivity index (χ1v) is 9.86. The SMILES string of the molecule is Cc1ccc(-c2nc(CSc3ncnc4sccc34)cs2)cc1. The number of aromatic nitrogens is 3. The van der Waals surface area contributed by atoms with Crippen LogP contribution in [0.1, 0.15) is 11.3 Å². The van der Waals surface area contributed by atoms with Gasteiger partial charge < -0.3 is 0 Å². The molecule has 0 unspecified atom stereocenters. The van der Waals surface area contributed by atoms with Gasteiger partial charge in [0.15, 0.2) is 0 Å². The molecule has 0 aliphatic rings. The molecule has 0 saturated carbocycles. The zero-order valence-corrected chi connectivity index (χ0v) is 14.8. The summed E-state index contributed by atoms with van der Waals surface area (Å²) in [7, 11) is 0. The lowest BCUT2D eigenvalue weighted by Crippen LogP contribution is -1.86. The third kappa shape index (κ3) is 3.15. The standard InChI is InChI=1S/C17H13N3S3/c1-11-2-4-12(5-3-11)15-20-13(8-22-15)9-23-17-14-6-7-21-16(14)18-10-19-17/h2-8,10H,9H2,1H3. The van der Waals surface area contributed by atoms with Crippen LogP contribution < -0.4 is 0 Å². The highest BCUT2D eigenvalue weighted by atomic mass is 32.2. The minimum Gasteiger partial charge on any atom is -0.240 e. The van der Waals surface area contributed by atoms with Gasteiger partial charge >= 0.3 is 0 Å². The normalized spacial score (nSPS) is 11.2. The van der Waals surface area contributed by atoms with Gasteiger partial charge in [-0.25, -0.2) is 15.0 Å². The molecule has 0 amide bonds. The quantitative estimate of drug-likeness (QED) is 0.362. The molecule has 4 aromatic rings. The van der Waals surface area contributed by atoms with E-state index in [1.165, 1.54) is 11.1 Å². The molecule has 0 N–H and O–H groups in total. The number of aryl methyl sites for hydroxylation is 1. The molecule has 3 heterocycles. The molecule has 1 aromatic carbocycles. The largest absolute Gasteiger partial charge is 0.240 e. The Morgan fingerprint density at radius 3 is 2.78 bits per heavy atom. The lowest BCUT2D eigenvalue weighted by atomic mass is 10.2. The zero-order valence-electron chi connectivity index (χ0n) is 12.4. The van der Waals surface area contributed by atoms with Crippen LogP contribution >= 0.6 is 34.4 Å². The molecule has 0 fully saturated rings. The van der Waals surface area contributed by atoms with Crippen molar-refractivity contribution in [1.82, 2.24) is 15.0 Å². The van der Waals surface area contributed by atoms with Crippen molar-refractivity contribution < 1.29 is 0 Å². The number of hydrogen-bond donors (Lipinski definition) is 0. The third-order valence-electron chi connectivity index (χ3n) is 3.43. The van der Waals surface area contributed by atoms with Crippen LogP contribution in [0.5, 0.6) is 0 Å². The van der Waals surface area contributed by atoms with Crippen molar-refractivity contribution >= 4 is 44.7 Å². The number of benzene rings is 1. The van der Waals surface area contributed by atoms with Crippen molar-refractivity contribution in [1.29, 1.82) is 0 Å². The van der Waals surface area contributed by atoms with E-state index in [1.54, 1.807) is 40.8 Å². The number of thiazole rings is 1. The summed E-state index contributed by atoms with van der Waals surface area (Å²) < 4.78 is 0. The molecule has 23 heavy (non-hydrogen) atoms. The average Bonchev–Trinajstić information content (AvgIpc) is 3.23. The van der Waals surface area contributed by atoms with Gasteiger partial charge in [0.05, 0.1) is 5.69 Å². The summed E-state index contributed by atoms with van der Waals surface area (Å²) in [5.41, 5.74) is 3.54. The van der Waals surface area contributed by atoms with Gasteiger partial charge in [0.2, 0.25) is 0 Å². The lowest BCUT2D eigenvalue weighted by Gasteiger charge is -2.00. The summed E-state index contributed by atoms with van der Waals surface area (Å²) in [5.74, 6) is 0.824. The van der Waals surface area contributed by atoms with E-state index in [0.29, 0.717) is 0 Å². The Hall–Kier alpha value is -1.76. The maximum Gasteiger partial charge on any atom is 0.127 e. The molecule has 6 heteroatoms. The highest BCUT2D eigenvalue weighted by Crippen LogP contribution is 2.31. The number of thiophene rings is 1. The fraction of sp³-hybridized carbons (Fsp3) is 0.118. The molecule has 0 atom stereocenters. The number of hydrogen-bond acceptors (Lipinski definition) is 6. The zero-order chi connectivity index (χ0) is 15.6. The van der Waals surface area contributed by atoms with Gasteiger partial charge in [-0.2, -0.15) is 0 Å². The van der Waals surface area contributed by atoms with Crippen molar-refractivity contribution in [3.63, 3.8) is 0 Å². The van der Waals surface area contributed by atoms with E-state index in [2.05, 4.69) is 58.0 Å². The van der Waals surface area contributed by atoms with E-state index in [0.717, 1.165) is 31.7 Å². The van der Waals surface area contributed by atoms with E-state index < -0.39 is 0 Å². The summed E-state index contributed by atoms with van der Waals surface area (Å²) in [6, 6.07) is 10.6. The smallest absolute Gasteiger partial charge is 0.127 e. The summed E-state index contributed by atoms with van der Waals surface area (Å²) in [5, 5.41) is 7.43. The minimum atomic E-state index is 0.824. The Balaban J connectivity index is 1.52.